The third-order valence-corrected chi connectivity index (χ3v) is 8.12. The summed E-state index contributed by atoms with van der Waals surface area (Å²) in [6.07, 6.45) is 4.11. The first-order chi connectivity index (χ1) is 17.4. The van der Waals surface area contributed by atoms with Crippen molar-refractivity contribution in [2.75, 3.05) is 39.3 Å². The maximum absolute atomic E-state index is 14.0. The first kappa shape index (κ1) is 24.6. The van der Waals surface area contributed by atoms with Crippen LogP contribution >= 0.6 is 0 Å². The molecule has 4 amide bonds. The Morgan fingerprint density at radius 3 is 2.36 bits per heavy atom. The lowest BCUT2D eigenvalue weighted by atomic mass is 9.74. The smallest absolute Gasteiger partial charge is 0.325 e. The molecule has 8 heteroatoms. The van der Waals surface area contributed by atoms with Crippen LogP contribution in [0, 0.1) is 19.8 Å². The van der Waals surface area contributed by atoms with Crippen molar-refractivity contribution in [1.29, 1.82) is 0 Å². The van der Waals surface area contributed by atoms with E-state index in [1.54, 1.807) is 6.07 Å². The van der Waals surface area contributed by atoms with Gasteiger partial charge in [0, 0.05) is 32.6 Å². The number of furan rings is 1. The molecule has 0 radical (unpaired) electrons. The number of benzene rings is 1. The molecule has 5 rings (SSSR count). The average molecular weight is 493 g/mol. The summed E-state index contributed by atoms with van der Waals surface area (Å²) in [7, 11) is 0. The molecule has 0 spiro atoms. The number of hydrogen-bond donors (Lipinski definition) is 1. The van der Waals surface area contributed by atoms with E-state index in [1.807, 2.05) is 49.1 Å². The van der Waals surface area contributed by atoms with Gasteiger partial charge >= 0.3 is 6.03 Å². The molecular formula is C28H36N4O4. The van der Waals surface area contributed by atoms with E-state index in [4.69, 9.17) is 4.42 Å². The number of aryl methyl sites for hydroxylation is 2. The van der Waals surface area contributed by atoms with Gasteiger partial charge in [0.25, 0.3) is 11.8 Å². The minimum Gasteiger partial charge on any atom is -0.466 e. The van der Waals surface area contributed by atoms with Gasteiger partial charge in [-0.3, -0.25) is 14.5 Å². The number of carbonyl (C=O) groups excluding carboxylic acids is 3. The lowest BCUT2D eigenvalue weighted by molar-refractivity contribution is -0.134. The van der Waals surface area contributed by atoms with Crippen molar-refractivity contribution in [3.05, 3.63) is 59.0 Å². The van der Waals surface area contributed by atoms with Crippen LogP contribution in [0.5, 0.6) is 0 Å². The molecule has 192 valence electrons. The van der Waals surface area contributed by atoms with Crippen LogP contribution in [-0.2, 0) is 11.2 Å². The molecule has 1 aromatic heterocycles. The van der Waals surface area contributed by atoms with E-state index in [0.717, 1.165) is 31.0 Å². The van der Waals surface area contributed by atoms with Gasteiger partial charge in [-0.2, -0.15) is 0 Å². The Morgan fingerprint density at radius 2 is 1.72 bits per heavy atom. The first-order valence-corrected chi connectivity index (χ1v) is 13.1. The quantitative estimate of drug-likeness (QED) is 0.599. The van der Waals surface area contributed by atoms with Crippen molar-refractivity contribution < 1.29 is 18.8 Å². The number of likely N-dealkylation sites (tertiary alicyclic amines) is 2. The van der Waals surface area contributed by atoms with Crippen LogP contribution in [0.4, 0.5) is 4.79 Å². The maximum Gasteiger partial charge on any atom is 0.325 e. The normalized spacial score (nSPS) is 23.5. The van der Waals surface area contributed by atoms with Crippen molar-refractivity contribution >= 4 is 17.8 Å². The van der Waals surface area contributed by atoms with E-state index in [0.29, 0.717) is 50.2 Å². The standard InChI is InChI=1S/C28H36N4O4/c1-20-18-24(21(2)36-20)25(33)31-14-10-23(11-15-31)28(19-22-8-4-3-5-9-22)26(34)32(27(35)29-28)17-16-30-12-6-7-13-30/h3-5,8-9,18,23H,6-7,10-17,19H2,1-2H3,(H,29,35). The van der Waals surface area contributed by atoms with Crippen molar-refractivity contribution in [3.63, 3.8) is 0 Å². The van der Waals surface area contributed by atoms with E-state index in [9.17, 15) is 14.4 Å². The van der Waals surface area contributed by atoms with Crippen LogP contribution in [-0.4, -0.2) is 77.4 Å². The number of amides is 4. The number of rotatable bonds is 7. The van der Waals surface area contributed by atoms with Gasteiger partial charge in [0.05, 0.1) is 5.56 Å². The second-order valence-corrected chi connectivity index (χ2v) is 10.5. The highest BCUT2D eigenvalue weighted by Crippen LogP contribution is 2.37. The van der Waals surface area contributed by atoms with Gasteiger partial charge in [0.2, 0.25) is 0 Å². The summed E-state index contributed by atoms with van der Waals surface area (Å²) >= 11 is 0. The molecule has 2 aromatic rings. The monoisotopic (exact) mass is 492 g/mol. The van der Waals surface area contributed by atoms with E-state index in [2.05, 4.69) is 10.2 Å². The zero-order chi connectivity index (χ0) is 25.3. The molecule has 36 heavy (non-hydrogen) atoms. The Labute approximate surface area is 212 Å². The summed E-state index contributed by atoms with van der Waals surface area (Å²) in [5.74, 6) is 1.14. The van der Waals surface area contributed by atoms with Crippen molar-refractivity contribution in [2.45, 2.75) is 51.5 Å². The third kappa shape index (κ3) is 4.66. The zero-order valence-corrected chi connectivity index (χ0v) is 21.3. The van der Waals surface area contributed by atoms with Crippen LogP contribution in [0.2, 0.25) is 0 Å². The highest BCUT2D eigenvalue weighted by atomic mass is 16.3. The highest BCUT2D eigenvalue weighted by Gasteiger charge is 2.56. The van der Waals surface area contributed by atoms with Crippen LogP contribution in [0.25, 0.3) is 0 Å². The Balaban J connectivity index is 1.33. The van der Waals surface area contributed by atoms with Crippen molar-refractivity contribution in [1.82, 2.24) is 20.0 Å². The summed E-state index contributed by atoms with van der Waals surface area (Å²) < 4.78 is 5.56. The summed E-state index contributed by atoms with van der Waals surface area (Å²) in [6, 6.07) is 11.4. The van der Waals surface area contributed by atoms with Crippen LogP contribution in [0.1, 0.15) is 53.1 Å². The number of carbonyl (C=O) groups is 3. The molecular weight excluding hydrogens is 456 g/mol. The molecule has 3 aliphatic heterocycles. The fourth-order valence-corrected chi connectivity index (χ4v) is 6.14. The van der Waals surface area contributed by atoms with E-state index in [-0.39, 0.29) is 23.8 Å². The van der Waals surface area contributed by atoms with Crippen LogP contribution in [0.3, 0.4) is 0 Å². The predicted octanol–water partition coefficient (Wildman–Crippen LogP) is 3.38. The molecule has 3 saturated heterocycles. The Morgan fingerprint density at radius 1 is 1.03 bits per heavy atom. The molecule has 8 nitrogen and oxygen atoms in total. The molecule has 3 aliphatic rings. The topological polar surface area (TPSA) is 86.1 Å². The van der Waals surface area contributed by atoms with Crippen LogP contribution in [0.15, 0.2) is 40.8 Å². The Hall–Kier alpha value is -3.13. The van der Waals surface area contributed by atoms with E-state index in [1.165, 1.54) is 17.7 Å². The lowest BCUT2D eigenvalue weighted by Crippen LogP contribution is -2.58. The molecule has 0 aliphatic carbocycles. The van der Waals surface area contributed by atoms with Gasteiger partial charge < -0.3 is 19.5 Å². The Bertz CT molecular complexity index is 1120. The number of hydrogen-bond acceptors (Lipinski definition) is 5. The summed E-state index contributed by atoms with van der Waals surface area (Å²) in [5.41, 5.74) is 0.639. The van der Waals surface area contributed by atoms with E-state index < -0.39 is 5.54 Å². The molecule has 3 fully saturated rings. The van der Waals surface area contributed by atoms with Gasteiger partial charge in [-0.25, -0.2) is 4.79 Å². The zero-order valence-electron chi connectivity index (χ0n) is 21.3. The molecule has 0 saturated carbocycles. The average Bonchev–Trinajstić information content (AvgIpc) is 3.57. The fourth-order valence-electron chi connectivity index (χ4n) is 6.14. The molecule has 0 bridgehead atoms. The summed E-state index contributed by atoms with van der Waals surface area (Å²) in [4.78, 5) is 45.8. The second kappa shape index (κ2) is 10.1. The highest BCUT2D eigenvalue weighted by molar-refractivity contribution is 6.07. The fraction of sp³-hybridized carbons (Fsp3) is 0.536. The van der Waals surface area contributed by atoms with Gasteiger partial charge in [-0.15, -0.1) is 0 Å². The minimum absolute atomic E-state index is 0.0334. The van der Waals surface area contributed by atoms with Crippen LogP contribution < -0.4 is 5.32 Å². The Kier molecular flexibility index (Phi) is 6.88. The number of imide groups is 1. The van der Waals surface area contributed by atoms with E-state index >= 15 is 0 Å². The molecule has 1 N–H and O–H groups in total. The van der Waals surface area contributed by atoms with Crippen molar-refractivity contribution in [2.24, 2.45) is 5.92 Å². The van der Waals surface area contributed by atoms with Crippen molar-refractivity contribution in [3.8, 4) is 0 Å². The summed E-state index contributed by atoms with van der Waals surface area (Å²) in [5, 5.41) is 3.15. The molecule has 1 atom stereocenters. The lowest BCUT2D eigenvalue weighted by Gasteiger charge is -2.41. The predicted molar refractivity (Wildman–Crippen MR) is 136 cm³/mol. The molecule has 1 unspecified atom stereocenters. The van der Waals surface area contributed by atoms with Gasteiger partial charge in [0.1, 0.15) is 17.1 Å². The third-order valence-electron chi connectivity index (χ3n) is 8.12. The molecule has 1 aromatic carbocycles. The SMILES string of the molecule is Cc1cc(C(=O)N2CCC(C3(Cc4ccccc4)NC(=O)N(CCN4CCCC4)C3=O)CC2)c(C)o1. The summed E-state index contributed by atoms with van der Waals surface area (Å²) in [6.45, 7) is 7.93. The van der Waals surface area contributed by atoms with Gasteiger partial charge in [-0.1, -0.05) is 30.3 Å². The maximum atomic E-state index is 14.0. The number of piperidine rings is 1. The largest absolute Gasteiger partial charge is 0.466 e. The second-order valence-electron chi connectivity index (χ2n) is 10.5. The number of urea groups is 1. The van der Waals surface area contributed by atoms with Gasteiger partial charge in [0.15, 0.2) is 0 Å². The molecule has 4 heterocycles. The first-order valence-electron chi connectivity index (χ1n) is 13.1. The van der Waals surface area contributed by atoms with Gasteiger partial charge in [-0.05, 0) is 70.2 Å². The number of nitrogens with one attached hydrogen (secondary N) is 1. The minimum atomic E-state index is -0.985. The number of nitrogens with zero attached hydrogens (tertiary/aromatic N) is 3.